The summed E-state index contributed by atoms with van der Waals surface area (Å²) in [5, 5.41) is 14.0. The number of rotatable bonds is 76. The largest absolute Gasteiger partial charge is 0.756 e. The monoisotopic (exact) mass is 1280 g/mol. The number of unbranched alkanes of at least 4 members (excludes halogenated alkanes) is 61. The molecule has 3 atom stereocenters. The second kappa shape index (κ2) is 71.3. The fraction of sp³-hybridized carbons (Fsp3) is 0.938. The van der Waals surface area contributed by atoms with Crippen LogP contribution in [0.2, 0.25) is 0 Å². The van der Waals surface area contributed by atoms with Crippen LogP contribution in [0.3, 0.4) is 0 Å². The lowest BCUT2D eigenvalue weighted by molar-refractivity contribution is -0.870. The zero-order chi connectivity index (χ0) is 64.8. The minimum Gasteiger partial charge on any atom is -0.756 e. The molecule has 0 aliphatic carbocycles. The smallest absolute Gasteiger partial charge is 0.268 e. The van der Waals surface area contributed by atoms with E-state index in [-0.39, 0.29) is 19.1 Å². The number of allylic oxidation sites excluding steroid dienone is 3. The maximum atomic E-state index is 13.1. The number of quaternary nitrogens is 1. The van der Waals surface area contributed by atoms with Gasteiger partial charge in [0.05, 0.1) is 39.9 Å². The lowest BCUT2D eigenvalue weighted by Gasteiger charge is -2.29. The third-order valence-corrected chi connectivity index (χ3v) is 19.9. The first-order valence-electron chi connectivity index (χ1n) is 40.2. The number of carbonyl (C=O) groups is 1. The van der Waals surface area contributed by atoms with E-state index in [1.807, 2.05) is 27.2 Å². The normalized spacial score (nSPS) is 13.6. The van der Waals surface area contributed by atoms with Crippen molar-refractivity contribution in [1.82, 2.24) is 5.32 Å². The number of aliphatic hydroxyl groups is 1. The van der Waals surface area contributed by atoms with Crippen LogP contribution >= 0.6 is 7.82 Å². The highest BCUT2D eigenvalue weighted by Crippen LogP contribution is 2.38. The van der Waals surface area contributed by atoms with E-state index >= 15 is 0 Å². The quantitative estimate of drug-likeness (QED) is 0.0272. The summed E-state index contributed by atoms with van der Waals surface area (Å²) in [4.78, 5) is 25.7. The van der Waals surface area contributed by atoms with Crippen molar-refractivity contribution in [2.45, 2.75) is 443 Å². The Morgan fingerprint density at radius 2 is 0.629 bits per heavy atom. The first-order chi connectivity index (χ1) is 43.5. The van der Waals surface area contributed by atoms with E-state index in [1.165, 1.54) is 372 Å². The van der Waals surface area contributed by atoms with Gasteiger partial charge >= 0.3 is 0 Å². The Labute approximate surface area is 557 Å². The number of nitrogens with one attached hydrogen (secondary N) is 1. The van der Waals surface area contributed by atoms with Crippen molar-refractivity contribution in [2.24, 2.45) is 0 Å². The van der Waals surface area contributed by atoms with Crippen molar-refractivity contribution in [3.63, 3.8) is 0 Å². The van der Waals surface area contributed by atoms with Gasteiger partial charge in [0, 0.05) is 6.42 Å². The molecule has 0 spiro atoms. The Hall–Kier alpha value is -1.02. The predicted octanol–water partition coefficient (Wildman–Crippen LogP) is 25.5. The zero-order valence-corrected chi connectivity index (χ0v) is 61.8. The highest BCUT2D eigenvalue weighted by atomic mass is 31.2. The van der Waals surface area contributed by atoms with E-state index in [2.05, 4.69) is 31.3 Å². The number of likely N-dealkylation sites (N-methyl/N-ethyl adjacent to an activating group) is 1. The molecule has 0 aromatic carbocycles. The Balaban J connectivity index is 3.94. The first-order valence-corrected chi connectivity index (χ1v) is 41.7. The maximum absolute atomic E-state index is 13.1. The first kappa shape index (κ1) is 88.0. The summed E-state index contributed by atoms with van der Waals surface area (Å²) in [6.07, 6.45) is 95.1. The Kier molecular flexibility index (Phi) is 70.5. The van der Waals surface area contributed by atoms with Crippen molar-refractivity contribution in [2.75, 3.05) is 40.9 Å². The molecule has 0 aromatic heterocycles. The van der Waals surface area contributed by atoms with Gasteiger partial charge in [-0.2, -0.15) is 0 Å². The van der Waals surface area contributed by atoms with Gasteiger partial charge in [-0.05, 0) is 32.1 Å². The van der Waals surface area contributed by atoms with E-state index in [9.17, 15) is 19.4 Å². The van der Waals surface area contributed by atoms with Crippen LogP contribution in [0, 0.1) is 0 Å². The summed E-state index contributed by atoms with van der Waals surface area (Å²) in [7, 11) is 1.27. The molecule has 0 fully saturated rings. The second-order valence-electron chi connectivity index (χ2n) is 29.1. The van der Waals surface area contributed by atoms with Crippen LogP contribution in [-0.4, -0.2) is 68.5 Å². The molecule has 0 heterocycles. The molecule has 3 unspecified atom stereocenters. The number of aliphatic hydroxyl groups excluding tert-OH is 1. The van der Waals surface area contributed by atoms with E-state index in [1.54, 1.807) is 6.08 Å². The molecule has 0 saturated carbocycles. The summed E-state index contributed by atoms with van der Waals surface area (Å²) < 4.78 is 23.5. The van der Waals surface area contributed by atoms with Gasteiger partial charge in [0.15, 0.2) is 0 Å². The average Bonchev–Trinajstić information content (AvgIpc) is 3.60. The third-order valence-electron chi connectivity index (χ3n) is 18.9. The number of amides is 1. The molecule has 2 N–H and O–H groups in total. The molecule has 1 amide bonds. The standard InChI is InChI=1S/C80H159N2O6P/c1-6-8-10-12-14-16-18-20-22-24-26-28-30-32-34-36-37-38-39-40-41-42-43-44-46-48-50-52-54-56-58-60-62-64-66-68-70-72-74-80(84)81-78(77-88-89(85,86)87-76-75-82(3,4)5)79(83)73-71-69-67-65-63-61-59-57-55-53-51-49-47-45-35-33-31-29-27-25-23-21-19-17-15-13-11-9-7-2/h63,65,71,73,78-79,83H,6-62,64,66-70,72,74-77H2,1-5H3,(H-,81,84,85,86)/b65-63+,73-71+. The molecule has 0 saturated heterocycles. The lowest BCUT2D eigenvalue weighted by atomic mass is 10.0. The van der Waals surface area contributed by atoms with Gasteiger partial charge in [-0.15, -0.1) is 0 Å². The predicted molar refractivity (Wildman–Crippen MR) is 390 cm³/mol. The van der Waals surface area contributed by atoms with Crippen molar-refractivity contribution in [3.8, 4) is 0 Å². The molecule has 0 bridgehead atoms. The number of carbonyl (C=O) groups excluding carboxylic acids is 1. The SMILES string of the molecule is CCCCCCCCCCCCCCCCCCCCCCCCC/C=C/CC/C=C/C(O)C(COP(=O)([O-])OCC[N+](C)(C)C)NC(=O)CCCCCCCCCCCCCCCCCCCCCCCCCCCCCCCCCCCCCCCC. The molecule has 0 radical (unpaired) electrons. The van der Waals surface area contributed by atoms with Crippen molar-refractivity contribution in [3.05, 3.63) is 24.3 Å². The van der Waals surface area contributed by atoms with E-state index in [4.69, 9.17) is 9.05 Å². The number of nitrogens with zero attached hydrogens (tertiary/aromatic N) is 1. The Morgan fingerprint density at radius 1 is 0.382 bits per heavy atom. The number of phosphoric ester groups is 1. The maximum Gasteiger partial charge on any atom is 0.268 e. The van der Waals surface area contributed by atoms with Gasteiger partial charge in [-0.25, -0.2) is 0 Å². The number of hydrogen-bond acceptors (Lipinski definition) is 6. The number of hydrogen-bond donors (Lipinski definition) is 2. The van der Waals surface area contributed by atoms with Gasteiger partial charge < -0.3 is 28.8 Å². The zero-order valence-electron chi connectivity index (χ0n) is 60.9. The van der Waals surface area contributed by atoms with E-state index in [0.29, 0.717) is 17.4 Å². The van der Waals surface area contributed by atoms with Crippen molar-refractivity contribution < 1.29 is 32.9 Å². The topological polar surface area (TPSA) is 108 Å². The minimum absolute atomic E-state index is 0.00326. The van der Waals surface area contributed by atoms with Gasteiger partial charge in [-0.3, -0.25) is 9.36 Å². The van der Waals surface area contributed by atoms with Gasteiger partial charge in [-0.1, -0.05) is 417 Å². The summed E-state index contributed by atoms with van der Waals surface area (Å²) in [5.41, 5.74) is 0. The average molecular weight is 1280 g/mol. The molecule has 0 aliphatic heterocycles. The van der Waals surface area contributed by atoms with Crippen molar-refractivity contribution >= 4 is 13.7 Å². The van der Waals surface area contributed by atoms with Crippen LogP contribution < -0.4 is 10.2 Å². The molecule has 8 nitrogen and oxygen atoms in total. The van der Waals surface area contributed by atoms with Crippen LogP contribution in [0.25, 0.3) is 0 Å². The highest BCUT2D eigenvalue weighted by molar-refractivity contribution is 7.45. The van der Waals surface area contributed by atoms with Crippen molar-refractivity contribution in [1.29, 1.82) is 0 Å². The summed E-state index contributed by atoms with van der Waals surface area (Å²) in [6.45, 7) is 4.71. The van der Waals surface area contributed by atoms with Crippen LogP contribution in [0.5, 0.6) is 0 Å². The van der Waals surface area contributed by atoms with E-state index < -0.39 is 20.0 Å². The fourth-order valence-corrected chi connectivity index (χ4v) is 13.4. The molecule has 530 valence electrons. The molecule has 0 rings (SSSR count). The van der Waals surface area contributed by atoms with Crippen LogP contribution in [-0.2, 0) is 18.4 Å². The van der Waals surface area contributed by atoms with Gasteiger partial charge in [0.2, 0.25) is 5.91 Å². The molecule has 0 aromatic rings. The second-order valence-corrected chi connectivity index (χ2v) is 30.5. The summed E-state index contributed by atoms with van der Waals surface area (Å²) in [6, 6.07) is -0.903. The molecule has 89 heavy (non-hydrogen) atoms. The van der Waals surface area contributed by atoms with E-state index in [0.717, 1.165) is 38.5 Å². The lowest BCUT2D eigenvalue weighted by Crippen LogP contribution is -2.45. The van der Waals surface area contributed by atoms with Crippen LogP contribution in [0.1, 0.15) is 431 Å². The minimum atomic E-state index is -4.61. The molecular weight excluding hydrogens is 1120 g/mol. The molecule has 9 heteroatoms. The Morgan fingerprint density at radius 3 is 0.910 bits per heavy atom. The molecular formula is C80H159N2O6P. The van der Waals surface area contributed by atoms with Gasteiger partial charge in [0.25, 0.3) is 7.82 Å². The number of phosphoric acid groups is 1. The summed E-state index contributed by atoms with van der Waals surface area (Å²) >= 11 is 0. The highest BCUT2D eigenvalue weighted by Gasteiger charge is 2.23. The fourth-order valence-electron chi connectivity index (χ4n) is 12.7. The third kappa shape index (κ3) is 74.2. The summed E-state index contributed by atoms with van der Waals surface area (Å²) in [5.74, 6) is -0.197. The molecule has 0 aliphatic rings. The van der Waals surface area contributed by atoms with Gasteiger partial charge in [0.1, 0.15) is 13.2 Å². The Bertz CT molecular complexity index is 1500. The van der Waals surface area contributed by atoms with Crippen LogP contribution in [0.15, 0.2) is 24.3 Å². The van der Waals surface area contributed by atoms with Crippen LogP contribution in [0.4, 0.5) is 0 Å².